The van der Waals surface area contributed by atoms with Crippen LogP contribution in [0.1, 0.15) is 22.8 Å². The number of benzene rings is 2. The van der Waals surface area contributed by atoms with E-state index in [0.717, 1.165) is 15.6 Å². The van der Waals surface area contributed by atoms with E-state index < -0.39 is 0 Å². The Morgan fingerprint density at radius 1 is 1.11 bits per heavy atom. The molecule has 0 aromatic heterocycles. The normalized spacial score (nSPS) is 12.1. The van der Waals surface area contributed by atoms with Gasteiger partial charge in [0.05, 0.1) is 6.04 Å². The number of hydrogen-bond donors (Lipinski definition) is 1. The fourth-order valence-electron chi connectivity index (χ4n) is 1.82. The molecule has 0 aliphatic rings. The van der Waals surface area contributed by atoms with Crippen LogP contribution in [0.5, 0.6) is 0 Å². The van der Waals surface area contributed by atoms with Gasteiger partial charge in [-0.15, -0.1) is 0 Å². The molecule has 1 N–H and O–H groups in total. The van der Waals surface area contributed by atoms with E-state index in [0.29, 0.717) is 6.54 Å². The average molecular weight is 318 g/mol. The molecule has 19 heavy (non-hydrogen) atoms. The van der Waals surface area contributed by atoms with Crippen molar-refractivity contribution in [2.24, 2.45) is 0 Å². The zero-order chi connectivity index (χ0) is 13.7. The standard InChI is InChI=1S/C16H16BrNO/c1-12(16(19)14-5-3-2-4-6-14)18-11-13-7-9-15(17)10-8-13/h2-10,12,18H,11H2,1H3. The second-order valence-electron chi connectivity index (χ2n) is 4.46. The molecule has 1 atom stereocenters. The summed E-state index contributed by atoms with van der Waals surface area (Å²) in [6.07, 6.45) is 0. The van der Waals surface area contributed by atoms with Crippen LogP contribution in [-0.2, 0) is 6.54 Å². The maximum atomic E-state index is 12.2. The molecule has 3 heteroatoms. The summed E-state index contributed by atoms with van der Waals surface area (Å²) in [5, 5.41) is 3.25. The van der Waals surface area contributed by atoms with E-state index in [4.69, 9.17) is 0 Å². The highest BCUT2D eigenvalue weighted by Gasteiger charge is 2.13. The van der Waals surface area contributed by atoms with Gasteiger partial charge in [-0.25, -0.2) is 0 Å². The van der Waals surface area contributed by atoms with Gasteiger partial charge in [-0.05, 0) is 24.6 Å². The zero-order valence-electron chi connectivity index (χ0n) is 10.8. The summed E-state index contributed by atoms with van der Waals surface area (Å²) in [6.45, 7) is 2.58. The summed E-state index contributed by atoms with van der Waals surface area (Å²) >= 11 is 3.40. The fourth-order valence-corrected chi connectivity index (χ4v) is 2.08. The van der Waals surface area contributed by atoms with Gasteiger partial charge in [0.1, 0.15) is 0 Å². The molecule has 0 aliphatic carbocycles. The second-order valence-corrected chi connectivity index (χ2v) is 5.38. The molecule has 2 aromatic rings. The van der Waals surface area contributed by atoms with Crippen LogP contribution >= 0.6 is 15.9 Å². The molecule has 0 bridgehead atoms. The third-order valence-corrected chi connectivity index (χ3v) is 3.51. The number of carbonyl (C=O) groups excluding carboxylic acids is 1. The largest absolute Gasteiger partial charge is 0.303 e. The lowest BCUT2D eigenvalue weighted by atomic mass is 10.1. The maximum absolute atomic E-state index is 12.2. The Labute approximate surface area is 122 Å². The third-order valence-electron chi connectivity index (χ3n) is 2.98. The van der Waals surface area contributed by atoms with Gasteiger partial charge >= 0.3 is 0 Å². The molecule has 0 fully saturated rings. The van der Waals surface area contributed by atoms with Gasteiger partial charge in [-0.1, -0.05) is 58.4 Å². The fraction of sp³-hybridized carbons (Fsp3) is 0.188. The summed E-state index contributed by atoms with van der Waals surface area (Å²) in [7, 11) is 0. The minimum atomic E-state index is -0.189. The molecular formula is C16H16BrNO. The first kappa shape index (κ1) is 14.0. The highest BCUT2D eigenvalue weighted by atomic mass is 79.9. The van der Waals surface area contributed by atoms with E-state index in [1.165, 1.54) is 0 Å². The minimum absolute atomic E-state index is 0.123. The molecule has 2 aromatic carbocycles. The van der Waals surface area contributed by atoms with Crippen LogP contribution in [0.25, 0.3) is 0 Å². The number of carbonyl (C=O) groups is 1. The first-order valence-electron chi connectivity index (χ1n) is 6.24. The van der Waals surface area contributed by atoms with Crippen molar-refractivity contribution >= 4 is 21.7 Å². The van der Waals surface area contributed by atoms with Crippen molar-refractivity contribution < 1.29 is 4.79 Å². The highest BCUT2D eigenvalue weighted by Crippen LogP contribution is 2.11. The van der Waals surface area contributed by atoms with Crippen LogP contribution < -0.4 is 5.32 Å². The number of ketones is 1. The summed E-state index contributed by atoms with van der Waals surface area (Å²) in [6, 6.07) is 17.3. The molecule has 98 valence electrons. The first-order chi connectivity index (χ1) is 9.16. The Bertz CT molecular complexity index is 536. The van der Waals surface area contributed by atoms with Crippen molar-refractivity contribution in [1.29, 1.82) is 0 Å². The Hall–Kier alpha value is -1.45. The molecule has 0 amide bonds. The van der Waals surface area contributed by atoms with Crippen molar-refractivity contribution in [3.63, 3.8) is 0 Å². The van der Waals surface area contributed by atoms with E-state index >= 15 is 0 Å². The monoisotopic (exact) mass is 317 g/mol. The van der Waals surface area contributed by atoms with Gasteiger partial charge in [0, 0.05) is 16.6 Å². The lowest BCUT2D eigenvalue weighted by Gasteiger charge is -2.13. The van der Waals surface area contributed by atoms with Gasteiger partial charge in [-0.2, -0.15) is 0 Å². The van der Waals surface area contributed by atoms with Crippen molar-refractivity contribution in [2.75, 3.05) is 0 Å². The van der Waals surface area contributed by atoms with Gasteiger partial charge in [0.2, 0.25) is 0 Å². The van der Waals surface area contributed by atoms with Crippen LogP contribution in [-0.4, -0.2) is 11.8 Å². The predicted octanol–water partition coefficient (Wildman–Crippen LogP) is 3.81. The van der Waals surface area contributed by atoms with E-state index in [2.05, 4.69) is 21.2 Å². The Kier molecular flexibility index (Phi) is 4.88. The number of Topliss-reactive ketones (excluding diaryl/α,β-unsaturated/α-hetero) is 1. The maximum Gasteiger partial charge on any atom is 0.179 e. The molecule has 0 spiro atoms. The van der Waals surface area contributed by atoms with E-state index in [1.54, 1.807) is 0 Å². The molecule has 0 saturated heterocycles. The lowest BCUT2D eigenvalue weighted by molar-refractivity contribution is 0.0950. The topological polar surface area (TPSA) is 29.1 Å². The van der Waals surface area contributed by atoms with Crippen molar-refractivity contribution in [1.82, 2.24) is 5.32 Å². The van der Waals surface area contributed by atoms with E-state index in [1.807, 2.05) is 61.5 Å². The Morgan fingerprint density at radius 3 is 2.37 bits per heavy atom. The highest BCUT2D eigenvalue weighted by molar-refractivity contribution is 9.10. The van der Waals surface area contributed by atoms with E-state index in [-0.39, 0.29) is 11.8 Å². The van der Waals surface area contributed by atoms with Gasteiger partial charge < -0.3 is 5.32 Å². The number of nitrogens with one attached hydrogen (secondary N) is 1. The molecule has 2 rings (SSSR count). The lowest BCUT2D eigenvalue weighted by Crippen LogP contribution is -2.33. The van der Waals surface area contributed by atoms with Crippen LogP contribution in [0, 0.1) is 0 Å². The van der Waals surface area contributed by atoms with Gasteiger partial charge in [0.15, 0.2) is 5.78 Å². The Balaban J connectivity index is 1.92. The minimum Gasteiger partial charge on any atom is -0.303 e. The third kappa shape index (κ3) is 4.01. The van der Waals surface area contributed by atoms with Crippen LogP contribution in [0.4, 0.5) is 0 Å². The molecule has 2 nitrogen and oxygen atoms in total. The SMILES string of the molecule is CC(NCc1ccc(Br)cc1)C(=O)c1ccccc1. The Morgan fingerprint density at radius 2 is 1.74 bits per heavy atom. The van der Waals surface area contributed by atoms with Crippen molar-refractivity contribution in [2.45, 2.75) is 19.5 Å². The van der Waals surface area contributed by atoms with Crippen molar-refractivity contribution in [3.8, 4) is 0 Å². The van der Waals surface area contributed by atoms with Crippen LogP contribution in [0.15, 0.2) is 59.1 Å². The molecule has 0 heterocycles. The first-order valence-corrected chi connectivity index (χ1v) is 7.03. The summed E-state index contributed by atoms with van der Waals surface area (Å²) in [5.74, 6) is 0.123. The van der Waals surface area contributed by atoms with Gasteiger partial charge in [0.25, 0.3) is 0 Å². The van der Waals surface area contributed by atoms with E-state index in [9.17, 15) is 4.79 Å². The molecule has 0 radical (unpaired) electrons. The number of halogens is 1. The molecule has 0 saturated carbocycles. The quantitative estimate of drug-likeness (QED) is 0.850. The number of rotatable bonds is 5. The van der Waals surface area contributed by atoms with Crippen LogP contribution in [0.3, 0.4) is 0 Å². The summed E-state index contributed by atoms with van der Waals surface area (Å²) in [5.41, 5.74) is 1.91. The van der Waals surface area contributed by atoms with Crippen molar-refractivity contribution in [3.05, 3.63) is 70.2 Å². The molecular weight excluding hydrogens is 302 g/mol. The van der Waals surface area contributed by atoms with Crippen LogP contribution in [0.2, 0.25) is 0 Å². The molecule has 1 unspecified atom stereocenters. The smallest absolute Gasteiger partial charge is 0.179 e. The average Bonchev–Trinajstić information content (AvgIpc) is 2.46. The molecule has 0 aliphatic heterocycles. The number of hydrogen-bond acceptors (Lipinski definition) is 2. The predicted molar refractivity (Wildman–Crippen MR) is 81.2 cm³/mol. The summed E-state index contributed by atoms with van der Waals surface area (Å²) < 4.78 is 1.06. The zero-order valence-corrected chi connectivity index (χ0v) is 12.4. The second kappa shape index (κ2) is 6.64. The van der Waals surface area contributed by atoms with Gasteiger partial charge in [-0.3, -0.25) is 4.79 Å². The summed E-state index contributed by atoms with van der Waals surface area (Å²) in [4.78, 5) is 12.2.